The Hall–Kier alpha value is -1.36. The van der Waals surface area contributed by atoms with Gasteiger partial charge in [-0.2, -0.15) is 5.10 Å². The van der Waals surface area contributed by atoms with E-state index in [9.17, 15) is 4.79 Å². The van der Waals surface area contributed by atoms with Crippen molar-refractivity contribution in [1.82, 2.24) is 14.7 Å². The topological polar surface area (TPSA) is 58.4 Å². The van der Waals surface area contributed by atoms with Gasteiger partial charge in [0, 0.05) is 32.4 Å². The largest absolute Gasteiger partial charge is 0.481 e. The summed E-state index contributed by atoms with van der Waals surface area (Å²) in [6, 6.07) is 2.28. The second kappa shape index (κ2) is 5.65. The molecule has 0 aliphatic carbocycles. The van der Waals surface area contributed by atoms with Crippen LogP contribution in [0.3, 0.4) is 0 Å². The number of hydrogen-bond acceptors (Lipinski definition) is 3. The maximum absolute atomic E-state index is 10.6. The lowest BCUT2D eigenvalue weighted by molar-refractivity contribution is -0.137. The molecule has 5 heteroatoms. The number of carboxylic acids is 1. The average Bonchev–Trinajstić information content (AvgIpc) is 2.58. The highest BCUT2D eigenvalue weighted by Crippen LogP contribution is 2.07. The highest BCUT2D eigenvalue weighted by Gasteiger charge is 2.13. The Morgan fingerprint density at radius 2 is 2.31 bits per heavy atom. The van der Waals surface area contributed by atoms with Crippen molar-refractivity contribution in [2.45, 2.75) is 32.9 Å². The van der Waals surface area contributed by atoms with Crippen LogP contribution in [0.2, 0.25) is 0 Å². The molecule has 0 atom stereocenters. The summed E-state index contributed by atoms with van der Waals surface area (Å²) in [5.74, 6) is -0.754. The number of carbonyl (C=O) groups is 1. The molecular formula is C11H19N3O2. The highest BCUT2D eigenvalue weighted by molar-refractivity contribution is 5.66. The summed E-state index contributed by atoms with van der Waals surface area (Å²) in [5.41, 5.74) is 1.10. The van der Waals surface area contributed by atoms with Gasteiger partial charge in [-0.05, 0) is 19.9 Å². The van der Waals surface area contributed by atoms with Crippen molar-refractivity contribution in [3.05, 3.63) is 18.0 Å². The first-order chi connectivity index (χ1) is 7.50. The normalized spacial score (nSPS) is 11.3. The molecule has 16 heavy (non-hydrogen) atoms. The Morgan fingerprint density at radius 1 is 1.62 bits per heavy atom. The molecule has 5 nitrogen and oxygen atoms in total. The van der Waals surface area contributed by atoms with Crippen LogP contribution in [0.1, 0.15) is 26.0 Å². The maximum Gasteiger partial charge on any atom is 0.304 e. The van der Waals surface area contributed by atoms with Crippen LogP contribution >= 0.6 is 0 Å². The molecule has 0 fully saturated rings. The summed E-state index contributed by atoms with van der Waals surface area (Å²) >= 11 is 0. The Labute approximate surface area is 95.7 Å². The summed E-state index contributed by atoms with van der Waals surface area (Å²) in [5, 5.41) is 12.8. The predicted molar refractivity (Wildman–Crippen MR) is 61.0 cm³/mol. The summed E-state index contributed by atoms with van der Waals surface area (Å²) < 4.78 is 1.82. The highest BCUT2D eigenvalue weighted by atomic mass is 16.4. The molecule has 0 amide bonds. The van der Waals surface area contributed by atoms with E-state index in [4.69, 9.17) is 5.11 Å². The van der Waals surface area contributed by atoms with Crippen molar-refractivity contribution in [1.29, 1.82) is 0 Å². The monoisotopic (exact) mass is 225 g/mol. The molecule has 1 N–H and O–H groups in total. The lowest BCUT2D eigenvalue weighted by Gasteiger charge is -2.25. The zero-order valence-electron chi connectivity index (χ0n) is 10.1. The molecule has 0 bridgehead atoms. The quantitative estimate of drug-likeness (QED) is 0.787. The van der Waals surface area contributed by atoms with Crippen LogP contribution in [0.5, 0.6) is 0 Å². The van der Waals surface area contributed by atoms with E-state index in [1.807, 2.05) is 17.8 Å². The Morgan fingerprint density at radius 3 is 2.75 bits per heavy atom. The van der Waals surface area contributed by atoms with Crippen LogP contribution in [0, 0.1) is 0 Å². The van der Waals surface area contributed by atoms with Crippen LogP contribution in [0.25, 0.3) is 0 Å². The molecule has 1 rings (SSSR count). The van der Waals surface area contributed by atoms with Crippen molar-refractivity contribution in [2.75, 3.05) is 6.54 Å². The smallest absolute Gasteiger partial charge is 0.304 e. The first kappa shape index (κ1) is 12.7. The minimum Gasteiger partial charge on any atom is -0.481 e. The lowest BCUT2D eigenvalue weighted by Crippen LogP contribution is -2.33. The first-order valence-electron chi connectivity index (χ1n) is 5.43. The average molecular weight is 225 g/mol. The predicted octanol–water partition coefficient (Wildman–Crippen LogP) is 1.11. The number of aliphatic carboxylic acids is 1. The van der Waals surface area contributed by atoms with Crippen LogP contribution < -0.4 is 0 Å². The van der Waals surface area contributed by atoms with Gasteiger partial charge in [-0.3, -0.25) is 14.4 Å². The van der Waals surface area contributed by atoms with Gasteiger partial charge >= 0.3 is 5.97 Å². The van der Waals surface area contributed by atoms with Crippen molar-refractivity contribution in [3.63, 3.8) is 0 Å². The van der Waals surface area contributed by atoms with Crippen LogP contribution in [-0.2, 0) is 18.4 Å². The van der Waals surface area contributed by atoms with E-state index in [1.165, 1.54) is 0 Å². The van der Waals surface area contributed by atoms with Gasteiger partial charge in [0.25, 0.3) is 0 Å². The van der Waals surface area contributed by atoms with Crippen LogP contribution in [0.4, 0.5) is 0 Å². The van der Waals surface area contributed by atoms with E-state index in [2.05, 4.69) is 23.8 Å². The summed E-state index contributed by atoms with van der Waals surface area (Å²) in [6.07, 6.45) is 1.93. The summed E-state index contributed by atoms with van der Waals surface area (Å²) in [6.45, 7) is 5.44. The molecule has 0 aliphatic heterocycles. The number of aryl methyl sites for hydroxylation is 1. The molecule has 0 aliphatic rings. The lowest BCUT2D eigenvalue weighted by atomic mass is 10.2. The fourth-order valence-corrected chi connectivity index (χ4v) is 1.52. The van der Waals surface area contributed by atoms with E-state index in [0.29, 0.717) is 12.6 Å². The fourth-order valence-electron chi connectivity index (χ4n) is 1.52. The molecule has 90 valence electrons. The molecule has 0 spiro atoms. The van der Waals surface area contributed by atoms with Crippen LogP contribution in [-0.4, -0.2) is 38.3 Å². The third-order valence-electron chi connectivity index (χ3n) is 2.63. The van der Waals surface area contributed by atoms with E-state index < -0.39 is 5.97 Å². The van der Waals surface area contributed by atoms with Gasteiger partial charge in [0.05, 0.1) is 12.1 Å². The zero-order chi connectivity index (χ0) is 12.1. The van der Waals surface area contributed by atoms with Crippen molar-refractivity contribution >= 4 is 5.97 Å². The second-order valence-corrected chi connectivity index (χ2v) is 4.15. The maximum atomic E-state index is 10.6. The fraction of sp³-hybridized carbons (Fsp3) is 0.636. The van der Waals surface area contributed by atoms with Gasteiger partial charge in [0.1, 0.15) is 0 Å². The van der Waals surface area contributed by atoms with E-state index in [1.54, 1.807) is 6.20 Å². The van der Waals surface area contributed by atoms with E-state index in [0.717, 1.165) is 12.2 Å². The SMILES string of the molecule is CC(C)N(CCC(=O)O)Cc1ccnn1C. The third kappa shape index (κ3) is 3.66. The van der Waals surface area contributed by atoms with Gasteiger partial charge < -0.3 is 5.11 Å². The summed E-state index contributed by atoms with van der Waals surface area (Å²) in [7, 11) is 1.89. The van der Waals surface area contributed by atoms with Crippen molar-refractivity contribution in [3.8, 4) is 0 Å². The molecule has 1 heterocycles. The Balaban J connectivity index is 2.58. The molecule has 0 radical (unpaired) electrons. The second-order valence-electron chi connectivity index (χ2n) is 4.15. The molecule has 0 unspecified atom stereocenters. The van der Waals surface area contributed by atoms with Crippen molar-refractivity contribution < 1.29 is 9.90 Å². The number of hydrogen-bond donors (Lipinski definition) is 1. The Kier molecular flexibility index (Phi) is 4.49. The first-order valence-corrected chi connectivity index (χ1v) is 5.43. The molecule has 0 saturated heterocycles. The van der Waals surface area contributed by atoms with Gasteiger partial charge in [-0.25, -0.2) is 0 Å². The molecule has 1 aromatic rings. The number of carboxylic acid groups (broad SMARTS) is 1. The van der Waals surface area contributed by atoms with Gasteiger partial charge in [-0.1, -0.05) is 0 Å². The van der Waals surface area contributed by atoms with Gasteiger partial charge in [0.2, 0.25) is 0 Å². The number of aromatic nitrogens is 2. The minimum atomic E-state index is -0.754. The van der Waals surface area contributed by atoms with E-state index >= 15 is 0 Å². The van der Waals surface area contributed by atoms with E-state index in [-0.39, 0.29) is 6.42 Å². The molecule has 0 saturated carbocycles. The zero-order valence-corrected chi connectivity index (χ0v) is 10.1. The standard InChI is InChI=1S/C11H19N3O2/c1-9(2)14(7-5-11(15)16)8-10-4-6-12-13(10)3/h4,6,9H,5,7-8H2,1-3H3,(H,15,16). The number of nitrogens with zero attached hydrogens (tertiary/aromatic N) is 3. The van der Waals surface area contributed by atoms with Gasteiger partial charge in [-0.15, -0.1) is 0 Å². The third-order valence-corrected chi connectivity index (χ3v) is 2.63. The Bertz CT molecular complexity index is 347. The minimum absolute atomic E-state index is 0.177. The number of rotatable bonds is 6. The molecular weight excluding hydrogens is 206 g/mol. The van der Waals surface area contributed by atoms with Crippen LogP contribution in [0.15, 0.2) is 12.3 Å². The van der Waals surface area contributed by atoms with Crippen molar-refractivity contribution in [2.24, 2.45) is 7.05 Å². The van der Waals surface area contributed by atoms with Gasteiger partial charge in [0.15, 0.2) is 0 Å². The molecule has 1 aromatic heterocycles. The summed E-state index contributed by atoms with van der Waals surface area (Å²) in [4.78, 5) is 12.7. The molecule has 0 aromatic carbocycles.